The Morgan fingerprint density at radius 1 is 1.50 bits per heavy atom. The van der Waals surface area contributed by atoms with Crippen LogP contribution >= 0.6 is 27.7 Å². The molecule has 0 heterocycles. The molecule has 0 saturated carbocycles. The first-order valence-electron chi connectivity index (χ1n) is 3.74. The molecule has 0 fully saturated rings. The molecule has 0 spiro atoms. The highest BCUT2D eigenvalue weighted by molar-refractivity contribution is 9.10. The van der Waals surface area contributed by atoms with Gasteiger partial charge in [-0.25, -0.2) is 0 Å². The standard InChI is InChI=1S/C9H12BrNS/c1-12-6-9(11)7-4-2-3-5-8(7)10/h2-5,9H,6,11H2,1H3. The molecule has 1 unspecified atom stereocenters. The van der Waals surface area contributed by atoms with E-state index in [0.29, 0.717) is 0 Å². The Morgan fingerprint density at radius 2 is 2.17 bits per heavy atom. The molecule has 0 saturated heterocycles. The Morgan fingerprint density at radius 3 is 2.75 bits per heavy atom. The van der Waals surface area contributed by atoms with Crippen molar-refractivity contribution in [2.24, 2.45) is 5.73 Å². The maximum absolute atomic E-state index is 5.96. The molecule has 0 aliphatic carbocycles. The van der Waals surface area contributed by atoms with Crippen LogP contribution in [-0.4, -0.2) is 12.0 Å². The average Bonchev–Trinajstić information content (AvgIpc) is 2.05. The van der Waals surface area contributed by atoms with Crippen LogP contribution in [0.4, 0.5) is 0 Å². The van der Waals surface area contributed by atoms with Gasteiger partial charge in [-0.2, -0.15) is 11.8 Å². The van der Waals surface area contributed by atoms with E-state index in [9.17, 15) is 0 Å². The van der Waals surface area contributed by atoms with Crippen molar-refractivity contribution in [1.82, 2.24) is 0 Å². The summed E-state index contributed by atoms with van der Waals surface area (Å²) in [5.74, 6) is 0.961. The second-order valence-electron chi connectivity index (χ2n) is 2.58. The van der Waals surface area contributed by atoms with Gasteiger partial charge in [-0.15, -0.1) is 0 Å². The SMILES string of the molecule is CSCC(N)c1ccccc1Br. The summed E-state index contributed by atoms with van der Waals surface area (Å²) in [4.78, 5) is 0. The van der Waals surface area contributed by atoms with Gasteiger partial charge >= 0.3 is 0 Å². The highest BCUT2D eigenvalue weighted by Gasteiger charge is 2.07. The summed E-state index contributed by atoms with van der Waals surface area (Å²) in [5.41, 5.74) is 7.14. The van der Waals surface area contributed by atoms with Crippen molar-refractivity contribution in [2.75, 3.05) is 12.0 Å². The molecular formula is C9H12BrNS. The number of thioether (sulfide) groups is 1. The zero-order valence-electron chi connectivity index (χ0n) is 6.96. The van der Waals surface area contributed by atoms with Crippen molar-refractivity contribution >= 4 is 27.7 Å². The summed E-state index contributed by atoms with van der Waals surface area (Å²) in [5, 5.41) is 0. The smallest absolute Gasteiger partial charge is 0.0397 e. The first-order chi connectivity index (χ1) is 5.75. The number of nitrogens with two attached hydrogens (primary N) is 1. The van der Waals surface area contributed by atoms with E-state index in [1.165, 1.54) is 5.56 Å². The Bertz CT molecular complexity index is 252. The van der Waals surface area contributed by atoms with Gasteiger partial charge in [0.1, 0.15) is 0 Å². The lowest BCUT2D eigenvalue weighted by Gasteiger charge is -2.11. The van der Waals surface area contributed by atoms with Gasteiger partial charge in [-0.3, -0.25) is 0 Å². The fraction of sp³-hybridized carbons (Fsp3) is 0.333. The zero-order valence-corrected chi connectivity index (χ0v) is 9.36. The van der Waals surface area contributed by atoms with Gasteiger partial charge in [0.15, 0.2) is 0 Å². The van der Waals surface area contributed by atoms with Crippen LogP contribution in [0, 0.1) is 0 Å². The van der Waals surface area contributed by atoms with Crippen molar-refractivity contribution in [1.29, 1.82) is 0 Å². The normalized spacial score (nSPS) is 12.9. The molecule has 0 radical (unpaired) electrons. The summed E-state index contributed by atoms with van der Waals surface area (Å²) in [7, 11) is 0. The largest absolute Gasteiger partial charge is 0.323 e. The lowest BCUT2D eigenvalue weighted by atomic mass is 10.1. The van der Waals surface area contributed by atoms with Gasteiger partial charge in [0, 0.05) is 16.3 Å². The Hall–Kier alpha value is 0.01000. The van der Waals surface area contributed by atoms with Crippen molar-refractivity contribution in [3.63, 3.8) is 0 Å². The van der Waals surface area contributed by atoms with E-state index in [0.717, 1.165) is 10.2 Å². The summed E-state index contributed by atoms with van der Waals surface area (Å²) in [6.45, 7) is 0. The van der Waals surface area contributed by atoms with Gasteiger partial charge in [0.05, 0.1) is 0 Å². The van der Waals surface area contributed by atoms with E-state index < -0.39 is 0 Å². The quantitative estimate of drug-likeness (QED) is 0.887. The van der Waals surface area contributed by atoms with Crippen LogP contribution in [0.1, 0.15) is 11.6 Å². The summed E-state index contributed by atoms with van der Waals surface area (Å²) in [6, 6.07) is 8.23. The molecule has 66 valence electrons. The molecule has 3 heteroatoms. The van der Waals surface area contributed by atoms with Crippen LogP contribution in [0.2, 0.25) is 0 Å². The van der Waals surface area contributed by atoms with Gasteiger partial charge in [-0.1, -0.05) is 34.1 Å². The van der Waals surface area contributed by atoms with Gasteiger partial charge in [0.25, 0.3) is 0 Å². The van der Waals surface area contributed by atoms with E-state index in [1.807, 2.05) is 18.2 Å². The lowest BCUT2D eigenvalue weighted by Crippen LogP contribution is -2.13. The predicted molar refractivity (Wildman–Crippen MR) is 59.5 cm³/mol. The van der Waals surface area contributed by atoms with E-state index in [2.05, 4.69) is 28.3 Å². The zero-order chi connectivity index (χ0) is 8.97. The highest BCUT2D eigenvalue weighted by Crippen LogP contribution is 2.23. The molecule has 2 N–H and O–H groups in total. The molecule has 0 aromatic heterocycles. The van der Waals surface area contributed by atoms with Crippen LogP contribution in [-0.2, 0) is 0 Å². The fourth-order valence-corrected chi connectivity index (χ4v) is 2.16. The molecule has 0 aliphatic heterocycles. The molecule has 1 atom stereocenters. The van der Waals surface area contributed by atoms with Gasteiger partial charge in [-0.05, 0) is 17.9 Å². The Kier molecular flexibility index (Phi) is 4.12. The van der Waals surface area contributed by atoms with Crippen LogP contribution in [0.3, 0.4) is 0 Å². The van der Waals surface area contributed by atoms with Crippen LogP contribution in [0.25, 0.3) is 0 Å². The number of hydrogen-bond donors (Lipinski definition) is 1. The number of hydrogen-bond acceptors (Lipinski definition) is 2. The average molecular weight is 246 g/mol. The third-order valence-electron chi connectivity index (χ3n) is 1.65. The molecule has 0 bridgehead atoms. The first kappa shape index (κ1) is 10.1. The topological polar surface area (TPSA) is 26.0 Å². The lowest BCUT2D eigenvalue weighted by molar-refractivity contribution is 0.827. The minimum atomic E-state index is 0.135. The third-order valence-corrected chi connectivity index (χ3v) is 3.07. The van der Waals surface area contributed by atoms with Crippen molar-refractivity contribution in [3.05, 3.63) is 34.3 Å². The van der Waals surface area contributed by atoms with Gasteiger partial charge < -0.3 is 5.73 Å². The Labute approximate surface area is 85.9 Å². The molecule has 0 aliphatic rings. The third kappa shape index (κ3) is 2.51. The summed E-state index contributed by atoms with van der Waals surface area (Å²) < 4.78 is 1.10. The minimum Gasteiger partial charge on any atom is -0.323 e. The highest BCUT2D eigenvalue weighted by atomic mass is 79.9. The molecular weight excluding hydrogens is 234 g/mol. The fourth-order valence-electron chi connectivity index (χ4n) is 1.05. The summed E-state index contributed by atoms with van der Waals surface area (Å²) >= 11 is 5.25. The van der Waals surface area contributed by atoms with Crippen molar-refractivity contribution < 1.29 is 0 Å². The molecule has 12 heavy (non-hydrogen) atoms. The Balaban J connectivity index is 2.79. The van der Waals surface area contributed by atoms with E-state index in [1.54, 1.807) is 11.8 Å². The molecule has 0 amide bonds. The predicted octanol–water partition coefficient (Wildman–Crippen LogP) is 2.81. The second kappa shape index (κ2) is 4.90. The molecule has 1 aromatic carbocycles. The van der Waals surface area contributed by atoms with E-state index in [-0.39, 0.29) is 6.04 Å². The maximum atomic E-state index is 5.96. The second-order valence-corrected chi connectivity index (χ2v) is 4.35. The van der Waals surface area contributed by atoms with Crippen LogP contribution in [0.5, 0.6) is 0 Å². The van der Waals surface area contributed by atoms with Crippen LogP contribution < -0.4 is 5.73 Å². The molecule has 1 rings (SSSR count). The number of halogens is 1. The first-order valence-corrected chi connectivity index (χ1v) is 5.93. The molecule has 1 nitrogen and oxygen atoms in total. The van der Waals surface area contributed by atoms with Crippen molar-refractivity contribution in [3.8, 4) is 0 Å². The monoisotopic (exact) mass is 245 g/mol. The summed E-state index contributed by atoms with van der Waals surface area (Å²) in [6.07, 6.45) is 2.07. The minimum absolute atomic E-state index is 0.135. The van der Waals surface area contributed by atoms with Crippen LogP contribution in [0.15, 0.2) is 28.7 Å². The van der Waals surface area contributed by atoms with Crippen molar-refractivity contribution in [2.45, 2.75) is 6.04 Å². The van der Waals surface area contributed by atoms with Gasteiger partial charge in [0.2, 0.25) is 0 Å². The maximum Gasteiger partial charge on any atom is 0.0397 e. The van der Waals surface area contributed by atoms with E-state index >= 15 is 0 Å². The van der Waals surface area contributed by atoms with E-state index in [4.69, 9.17) is 5.73 Å². The molecule has 1 aromatic rings. The number of benzene rings is 1. The number of rotatable bonds is 3.